The number of benzene rings is 1. The molecule has 0 amide bonds. The zero-order valence-electron chi connectivity index (χ0n) is 9.65. The molecule has 1 aromatic carbocycles. The summed E-state index contributed by atoms with van der Waals surface area (Å²) in [5, 5.41) is 0.727. The van der Waals surface area contributed by atoms with Gasteiger partial charge in [-0.05, 0) is 29.8 Å². The van der Waals surface area contributed by atoms with E-state index in [0.29, 0.717) is 10.9 Å². The number of halogens is 1. The highest BCUT2D eigenvalue weighted by Crippen LogP contribution is 2.22. The Hall–Kier alpha value is -1.20. The Bertz CT molecular complexity index is 637. The van der Waals surface area contributed by atoms with E-state index < -0.39 is 0 Å². The molecule has 0 bridgehead atoms. The van der Waals surface area contributed by atoms with Crippen molar-refractivity contribution in [3.05, 3.63) is 33.8 Å². The Morgan fingerprint density at radius 2 is 2.11 bits per heavy atom. The van der Waals surface area contributed by atoms with Crippen molar-refractivity contribution in [2.45, 2.75) is 0 Å². The number of rotatable bonds is 1. The summed E-state index contributed by atoms with van der Waals surface area (Å²) in [4.78, 5) is 20.8. The van der Waals surface area contributed by atoms with Gasteiger partial charge in [-0.3, -0.25) is 9.78 Å². The third-order valence-corrected chi connectivity index (χ3v) is 4.16. The molecule has 6 heteroatoms. The molecule has 1 aliphatic heterocycles. The zero-order valence-corrected chi connectivity index (χ0v) is 11.2. The minimum absolute atomic E-state index is 0.134. The van der Waals surface area contributed by atoms with Crippen LogP contribution in [0, 0.1) is 0 Å². The number of fused-ring (bicyclic) bond motifs is 1. The monoisotopic (exact) mass is 281 g/mol. The predicted molar refractivity (Wildman–Crippen MR) is 76.9 cm³/mol. The number of nitrogens with zero attached hydrogens (tertiary/aromatic N) is 2. The van der Waals surface area contributed by atoms with Crippen LogP contribution in [0.25, 0.3) is 10.9 Å². The van der Waals surface area contributed by atoms with Crippen molar-refractivity contribution in [3.8, 4) is 0 Å². The average Bonchev–Trinajstić information content (AvgIpc) is 2.39. The maximum absolute atomic E-state index is 11.8. The zero-order chi connectivity index (χ0) is 12.5. The molecule has 2 aromatic rings. The number of nitrogens with one attached hydrogen (secondary N) is 1. The maximum atomic E-state index is 11.8. The van der Waals surface area contributed by atoms with Crippen LogP contribution in [0.15, 0.2) is 23.0 Å². The van der Waals surface area contributed by atoms with Gasteiger partial charge in [-0.15, -0.1) is 0 Å². The summed E-state index contributed by atoms with van der Waals surface area (Å²) < 4.78 is 0. The smallest absolute Gasteiger partial charge is 0.259 e. The molecule has 1 N–H and O–H groups in total. The van der Waals surface area contributed by atoms with E-state index in [1.54, 1.807) is 0 Å². The Morgan fingerprint density at radius 1 is 1.33 bits per heavy atom. The lowest BCUT2D eigenvalue weighted by Crippen LogP contribution is -2.32. The van der Waals surface area contributed by atoms with Gasteiger partial charge in [0.15, 0.2) is 0 Å². The number of thioether (sulfide) groups is 1. The van der Waals surface area contributed by atoms with Crippen LogP contribution in [-0.2, 0) is 0 Å². The fourth-order valence-electron chi connectivity index (χ4n) is 2.12. The van der Waals surface area contributed by atoms with Crippen LogP contribution in [0.4, 0.5) is 5.69 Å². The van der Waals surface area contributed by atoms with Crippen molar-refractivity contribution >= 4 is 40.0 Å². The first-order valence-corrected chi connectivity index (χ1v) is 7.29. The highest BCUT2D eigenvalue weighted by atomic mass is 35.5. The average molecular weight is 282 g/mol. The third-order valence-electron chi connectivity index (χ3n) is 3.04. The summed E-state index contributed by atoms with van der Waals surface area (Å²) in [7, 11) is 0. The molecule has 1 saturated heterocycles. The molecule has 0 radical (unpaired) electrons. The molecule has 1 fully saturated rings. The highest BCUT2D eigenvalue weighted by Gasteiger charge is 2.12. The van der Waals surface area contributed by atoms with Crippen molar-refractivity contribution in [1.82, 2.24) is 9.97 Å². The first kappa shape index (κ1) is 11.9. The summed E-state index contributed by atoms with van der Waals surface area (Å²) in [5.74, 6) is 2.26. The van der Waals surface area contributed by atoms with Gasteiger partial charge in [-0.25, -0.2) is 4.98 Å². The van der Waals surface area contributed by atoms with Crippen LogP contribution >= 0.6 is 23.4 Å². The van der Waals surface area contributed by atoms with Crippen LogP contribution in [-0.4, -0.2) is 34.6 Å². The molecule has 0 atom stereocenters. The van der Waals surface area contributed by atoms with Crippen LogP contribution in [0.1, 0.15) is 0 Å². The highest BCUT2D eigenvalue weighted by molar-refractivity contribution is 7.99. The van der Waals surface area contributed by atoms with E-state index in [9.17, 15) is 4.79 Å². The Morgan fingerprint density at radius 3 is 2.89 bits per heavy atom. The SMILES string of the molecule is O=c1[nH]c(Cl)nc2ccc(N3CCSCC3)cc12. The van der Waals surface area contributed by atoms with Gasteiger partial charge >= 0.3 is 0 Å². The molecular weight excluding hydrogens is 270 g/mol. The van der Waals surface area contributed by atoms with Gasteiger partial charge in [0.05, 0.1) is 10.9 Å². The van der Waals surface area contributed by atoms with Crippen molar-refractivity contribution in [3.63, 3.8) is 0 Å². The summed E-state index contributed by atoms with van der Waals surface area (Å²) in [6.45, 7) is 2.05. The largest absolute Gasteiger partial charge is 0.370 e. The van der Waals surface area contributed by atoms with Crippen LogP contribution in [0.5, 0.6) is 0 Å². The van der Waals surface area contributed by atoms with Crippen molar-refractivity contribution in [1.29, 1.82) is 0 Å². The van der Waals surface area contributed by atoms with Gasteiger partial charge in [0.2, 0.25) is 5.28 Å². The molecule has 0 spiro atoms. The van der Waals surface area contributed by atoms with Crippen molar-refractivity contribution < 1.29 is 0 Å². The van der Waals surface area contributed by atoms with E-state index in [0.717, 1.165) is 30.3 Å². The van der Waals surface area contributed by atoms with E-state index in [1.807, 2.05) is 30.0 Å². The second-order valence-corrected chi connectivity index (χ2v) is 5.74. The van der Waals surface area contributed by atoms with Gasteiger partial charge < -0.3 is 4.90 Å². The minimum atomic E-state index is -0.182. The van der Waals surface area contributed by atoms with E-state index in [4.69, 9.17) is 11.6 Å². The van der Waals surface area contributed by atoms with Gasteiger partial charge in [0, 0.05) is 30.3 Å². The molecule has 0 saturated carbocycles. The molecule has 18 heavy (non-hydrogen) atoms. The molecule has 0 aliphatic carbocycles. The standard InChI is InChI=1S/C12H12ClN3OS/c13-12-14-10-2-1-8(7-9(10)11(17)15-12)16-3-5-18-6-4-16/h1-2,7H,3-6H2,(H,14,15,17). The first-order valence-electron chi connectivity index (χ1n) is 5.76. The van der Waals surface area contributed by atoms with Crippen molar-refractivity contribution in [2.75, 3.05) is 29.5 Å². The van der Waals surface area contributed by atoms with Gasteiger partial charge in [-0.1, -0.05) is 0 Å². The molecular formula is C12H12ClN3OS. The number of hydrogen-bond acceptors (Lipinski definition) is 4. The lowest BCUT2D eigenvalue weighted by atomic mass is 10.2. The van der Waals surface area contributed by atoms with E-state index >= 15 is 0 Å². The number of aromatic amines is 1. The topological polar surface area (TPSA) is 49.0 Å². The molecule has 0 unspecified atom stereocenters. The van der Waals surface area contributed by atoms with E-state index in [2.05, 4.69) is 14.9 Å². The lowest BCUT2D eigenvalue weighted by Gasteiger charge is -2.28. The van der Waals surface area contributed by atoms with Gasteiger partial charge in [0.25, 0.3) is 5.56 Å². The quantitative estimate of drug-likeness (QED) is 0.814. The Balaban J connectivity index is 2.07. The molecule has 1 aromatic heterocycles. The fraction of sp³-hybridized carbons (Fsp3) is 0.333. The second kappa shape index (κ2) is 4.82. The maximum Gasteiger partial charge on any atom is 0.259 e. The number of H-pyrrole nitrogens is 1. The van der Waals surface area contributed by atoms with Crippen LogP contribution < -0.4 is 10.5 Å². The fourth-order valence-corrected chi connectivity index (χ4v) is 3.20. The first-order chi connectivity index (χ1) is 8.74. The van der Waals surface area contributed by atoms with Crippen LogP contribution in [0.3, 0.4) is 0 Å². The lowest BCUT2D eigenvalue weighted by molar-refractivity contribution is 0.859. The normalized spacial score (nSPS) is 16.2. The Labute approximate surface area is 113 Å². The number of hydrogen-bond donors (Lipinski definition) is 1. The summed E-state index contributed by atoms with van der Waals surface area (Å²) in [5.41, 5.74) is 1.54. The third kappa shape index (κ3) is 2.20. The van der Waals surface area contributed by atoms with Crippen molar-refractivity contribution in [2.24, 2.45) is 0 Å². The summed E-state index contributed by atoms with van der Waals surface area (Å²) in [6.07, 6.45) is 0. The summed E-state index contributed by atoms with van der Waals surface area (Å²) in [6, 6.07) is 5.75. The summed E-state index contributed by atoms with van der Waals surface area (Å²) >= 11 is 7.70. The minimum Gasteiger partial charge on any atom is -0.370 e. The predicted octanol–water partition coefficient (Wildman–Crippen LogP) is 2.13. The number of aromatic nitrogens is 2. The van der Waals surface area contributed by atoms with E-state index in [-0.39, 0.29) is 10.8 Å². The van der Waals surface area contributed by atoms with Crippen LogP contribution in [0.2, 0.25) is 5.28 Å². The molecule has 4 nitrogen and oxygen atoms in total. The molecule has 1 aliphatic rings. The van der Waals surface area contributed by atoms with Gasteiger partial charge in [-0.2, -0.15) is 11.8 Å². The molecule has 94 valence electrons. The molecule has 2 heterocycles. The second-order valence-electron chi connectivity index (χ2n) is 4.16. The van der Waals surface area contributed by atoms with E-state index in [1.165, 1.54) is 0 Å². The number of anilines is 1. The molecule has 3 rings (SSSR count). The van der Waals surface area contributed by atoms with Gasteiger partial charge in [0.1, 0.15) is 0 Å². The Kier molecular flexibility index (Phi) is 3.18.